The molecule has 0 atom stereocenters. The number of amides is 1. The summed E-state index contributed by atoms with van der Waals surface area (Å²) in [5.41, 5.74) is 3.45. The Hall–Kier alpha value is -1.88. The minimum Gasteiger partial charge on any atom is -0.387 e. The van der Waals surface area contributed by atoms with Gasteiger partial charge in [-0.25, -0.2) is 4.98 Å². The quantitative estimate of drug-likeness (QED) is 0.916. The molecule has 0 radical (unpaired) electrons. The minimum atomic E-state index is -0.392. The molecule has 1 aliphatic heterocycles. The van der Waals surface area contributed by atoms with Gasteiger partial charge < -0.3 is 14.6 Å². The Bertz CT molecular complexity index is 669. The summed E-state index contributed by atoms with van der Waals surface area (Å²) in [6.07, 6.45) is 1.82. The Kier molecular flexibility index (Phi) is 3.68. The maximum Gasteiger partial charge on any atom is 0.248 e. The van der Waals surface area contributed by atoms with Crippen molar-refractivity contribution in [2.24, 2.45) is 0 Å². The van der Waals surface area contributed by atoms with Gasteiger partial charge in [-0.2, -0.15) is 0 Å². The maximum atomic E-state index is 11.5. The van der Waals surface area contributed by atoms with Crippen molar-refractivity contribution < 1.29 is 9.90 Å². The summed E-state index contributed by atoms with van der Waals surface area (Å²) in [7, 11) is 0. The van der Waals surface area contributed by atoms with Crippen LogP contribution in [0.4, 0.5) is 0 Å². The molecule has 1 amide bonds. The molecule has 1 fully saturated rings. The third-order valence-corrected chi connectivity index (χ3v) is 4.34. The van der Waals surface area contributed by atoms with Crippen molar-refractivity contribution in [2.45, 2.75) is 32.7 Å². The van der Waals surface area contributed by atoms with Crippen LogP contribution in [0.5, 0.6) is 0 Å². The van der Waals surface area contributed by atoms with E-state index in [1.54, 1.807) is 4.90 Å². The Balaban J connectivity index is 1.87. The van der Waals surface area contributed by atoms with E-state index in [1.165, 1.54) is 11.1 Å². The molecular formula is C16H21N3O2. The van der Waals surface area contributed by atoms with Gasteiger partial charge >= 0.3 is 0 Å². The summed E-state index contributed by atoms with van der Waals surface area (Å²) in [4.78, 5) is 17.9. The smallest absolute Gasteiger partial charge is 0.248 e. The highest BCUT2D eigenvalue weighted by molar-refractivity contribution is 5.78. The lowest BCUT2D eigenvalue weighted by Gasteiger charge is -2.33. The van der Waals surface area contributed by atoms with Gasteiger partial charge in [-0.3, -0.25) is 4.79 Å². The van der Waals surface area contributed by atoms with Crippen molar-refractivity contribution in [2.75, 3.05) is 19.7 Å². The van der Waals surface area contributed by atoms with Crippen molar-refractivity contribution in [3.63, 3.8) is 0 Å². The van der Waals surface area contributed by atoms with Crippen LogP contribution in [0.3, 0.4) is 0 Å². The number of aromatic nitrogens is 2. The third-order valence-electron chi connectivity index (χ3n) is 4.34. The van der Waals surface area contributed by atoms with Crippen LogP contribution in [0.15, 0.2) is 18.2 Å². The number of aliphatic hydroxyl groups excluding tert-OH is 1. The van der Waals surface area contributed by atoms with E-state index in [4.69, 9.17) is 5.11 Å². The molecule has 1 aliphatic rings. The Labute approximate surface area is 124 Å². The fourth-order valence-electron chi connectivity index (χ4n) is 3.26. The van der Waals surface area contributed by atoms with Crippen molar-refractivity contribution in [1.82, 2.24) is 14.5 Å². The number of hydrogen-bond acceptors (Lipinski definition) is 3. The fraction of sp³-hybridized carbons (Fsp3) is 0.500. The summed E-state index contributed by atoms with van der Waals surface area (Å²) in [5, 5.41) is 8.95. The topological polar surface area (TPSA) is 58.4 Å². The molecule has 5 heteroatoms. The molecule has 3 rings (SSSR count). The van der Waals surface area contributed by atoms with Gasteiger partial charge in [-0.1, -0.05) is 6.07 Å². The van der Waals surface area contributed by atoms with Crippen LogP contribution < -0.4 is 0 Å². The summed E-state index contributed by atoms with van der Waals surface area (Å²) in [6.45, 7) is 5.15. The van der Waals surface area contributed by atoms with Crippen LogP contribution in [0.2, 0.25) is 0 Å². The van der Waals surface area contributed by atoms with Gasteiger partial charge in [0.05, 0.1) is 11.0 Å². The number of fused-ring (bicyclic) bond motifs is 1. The van der Waals surface area contributed by atoms with Crippen molar-refractivity contribution in [1.29, 1.82) is 0 Å². The Morgan fingerprint density at radius 3 is 2.71 bits per heavy atom. The molecule has 0 aliphatic carbocycles. The SMILES string of the molecule is Cc1ccc2nc(C)n(C3CCN(C(=O)CO)CC3)c2c1. The van der Waals surface area contributed by atoms with Gasteiger partial charge in [0.1, 0.15) is 12.4 Å². The monoisotopic (exact) mass is 287 g/mol. The van der Waals surface area contributed by atoms with Crippen LogP contribution in [0, 0.1) is 13.8 Å². The summed E-state index contributed by atoms with van der Waals surface area (Å²) >= 11 is 0. The lowest BCUT2D eigenvalue weighted by Crippen LogP contribution is -2.40. The normalized spacial score (nSPS) is 16.6. The highest BCUT2D eigenvalue weighted by Gasteiger charge is 2.25. The van der Waals surface area contributed by atoms with Gasteiger partial charge in [0.15, 0.2) is 0 Å². The summed E-state index contributed by atoms with van der Waals surface area (Å²) in [6, 6.07) is 6.71. The molecule has 1 N–H and O–H groups in total. The second kappa shape index (κ2) is 5.48. The van der Waals surface area contributed by atoms with Crippen LogP contribution >= 0.6 is 0 Å². The van der Waals surface area contributed by atoms with E-state index < -0.39 is 6.61 Å². The average molecular weight is 287 g/mol. The first-order valence-electron chi connectivity index (χ1n) is 7.44. The molecule has 2 heterocycles. The molecule has 0 bridgehead atoms. The molecule has 0 spiro atoms. The lowest BCUT2D eigenvalue weighted by atomic mass is 10.0. The second-order valence-electron chi connectivity index (χ2n) is 5.79. The van der Waals surface area contributed by atoms with Gasteiger partial charge in [0.25, 0.3) is 0 Å². The number of piperidine rings is 1. The first kappa shape index (κ1) is 14.1. The highest BCUT2D eigenvalue weighted by atomic mass is 16.3. The fourth-order valence-corrected chi connectivity index (χ4v) is 3.26. The number of carbonyl (C=O) groups is 1. The molecule has 2 aromatic rings. The predicted octanol–water partition coefficient (Wildman–Crippen LogP) is 1.81. The highest BCUT2D eigenvalue weighted by Crippen LogP contribution is 2.29. The van der Waals surface area contributed by atoms with Gasteiger partial charge in [0.2, 0.25) is 5.91 Å². The lowest BCUT2D eigenvalue weighted by molar-refractivity contribution is -0.135. The number of carbonyl (C=O) groups excluding carboxylic acids is 1. The van der Waals surface area contributed by atoms with E-state index >= 15 is 0 Å². The standard InChI is InChI=1S/C16H21N3O2/c1-11-3-4-14-15(9-11)19(12(2)17-14)13-5-7-18(8-6-13)16(21)10-20/h3-4,9,13,20H,5-8,10H2,1-2H3. The number of rotatable bonds is 2. The van der Waals surface area contributed by atoms with Crippen LogP contribution in [0.25, 0.3) is 11.0 Å². The first-order valence-corrected chi connectivity index (χ1v) is 7.44. The zero-order chi connectivity index (χ0) is 15.0. The van der Waals surface area contributed by atoms with Gasteiger partial charge in [-0.15, -0.1) is 0 Å². The number of likely N-dealkylation sites (tertiary alicyclic amines) is 1. The van der Waals surface area contributed by atoms with Crippen molar-refractivity contribution in [3.05, 3.63) is 29.6 Å². The van der Waals surface area contributed by atoms with Crippen LogP contribution in [-0.2, 0) is 4.79 Å². The summed E-state index contributed by atoms with van der Waals surface area (Å²) in [5.74, 6) is 0.860. The first-order chi connectivity index (χ1) is 10.1. The number of aliphatic hydroxyl groups is 1. The van der Waals surface area contributed by atoms with Gasteiger partial charge in [-0.05, 0) is 44.4 Å². The molecule has 21 heavy (non-hydrogen) atoms. The number of imidazole rings is 1. The zero-order valence-electron chi connectivity index (χ0n) is 12.5. The zero-order valence-corrected chi connectivity index (χ0v) is 12.5. The Morgan fingerprint density at radius 1 is 1.33 bits per heavy atom. The van der Waals surface area contributed by atoms with Crippen LogP contribution in [0.1, 0.15) is 30.3 Å². The predicted molar refractivity (Wildman–Crippen MR) is 81.1 cm³/mol. The van der Waals surface area contributed by atoms with E-state index in [-0.39, 0.29) is 5.91 Å². The minimum absolute atomic E-state index is 0.170. The molecule has 1 saturated heterocycles. The summed E-state index contributed by atoms with van der Waals surface area (Å²) < 4.78 is 2.31. The Morgan fingerprint density at radius 2 is 2.05 bits per heavy atom. The largest absolute Gasteiger partial charge is 0.387 e. The molecule has 5 nitrogen and oxygen atoms in total. The van der Waals surface area contributed by atoms with Gasteiger partial charge in [0, 0.05) is 19.1 Å². The van der Waals surface area contributed by atoms with Crippen molar-refractivity contribution >= 4 is 16.9 Å². The molecule has 1 aromatic heterocycles. The average Bonchev–Trinajstić information content (AvgIpc) is 2.82. The van der Waals surface area contributed by atoms with Crippen molar-refractivity contribution in [3.8, 4) is 0 Å². The molecule has 1 aromatic carbocycles. The van der Waals surface area contributed by atoms with E-state index in [0.29, 0.717) is 19.1 Å². The van der Waals surface area contributed by atoms with E-state index in [9.17, 15) is 4.79 Å². The third kappa shape index (κ3) is 2.53. The second-order valence-corrected chi connectivity index (χ2v) is 5.79. The van der Waals surface area contributed by atoms with E-state index in [0.717, 1.165) is 24.2 Å². The van der Waals surface area contributed by atoms with E-state index in [1.807, 2.05) is 6.92 Å². The van der Waals surface area contributed by atoms with E-state index in [2.05, 4.69) is 34.7 Å². The molecule has 112 valence electrons. The molecular weight excluding hydrogens is 266 g/mol. The number of hydrogen-bond donors (Lipinski definition) is 1. The molecule has 0 unspecified atom stereocenters. The van der Waals surface area contributed by atoms with Crippen LogP contribution in [-0.4, -0.2) is 45.2 Å². The maximum absolute atomic E-state index is 11.5. The molecule has 0 saturated carbocycles. The number of aryl methyl sites for hydroxylation is 2. The number of benzene rings is 1. The number of nitrogens with zero attached hydrogens (tertiary/aromatic N) is 3.